The first-order valence-corrected chi connectivity index (χ1v) is 13.0. The van der Waals surface area contributed by atoms with Gasteiger partial charge >= 0.3 is 0 Å². The molecule has 4 fully saturated rings. The fraction of sp³-hybridized carbons (Fsp3) is 1.00. The van der Waals surface area contributed by atoms with Crippen molar-refractivity contribution in [1.82, 2.24) is 0 Å². The molecule has 0 heterocycles. The van der Waals surface area contributed by atoms with Crippen LogP contribution in [0.25, 0.3) is 0 Å². The molecule has 0 aliphatic heterocycles. The van der Waals surface area contributed by atoms with E-state index in [2.05, 4.69) is 34.6 Å². The molecule has 4 aliphatic carbocycles. The van der Waals surface area contributed by atoms with Gasteiger partial charge in [0.25, 0.3) is 0 Å². The number of aliphatic hydroxyl groups is 2. The van der Waals surface area contributed by atoms with E-state index in [0.29, 0.717) is 17.3 Å². The van der Waals surface area contributed by atoms with E-state index in [1.54, 1.807) is 0 Å². The van der Waals surface area contributed by atoms with Gasteiger partial charge in [0.15, 0.2) is 0 Å². The van der Waals surface area contributed by atoms with E-state index < -0.39 is 11.7 Å². The molecule has 4 rings (SSSR count). The summed E-state index contributed by atoms with van der Waals surface area (Å²) in [6.07, 6.45) is 14.1. The molecular weight excluding hydrogens is 356 g/mol. The summed E-state index contributed by atoms with van der Waals surface area (Å²) >= 11 is 0. The Balaban J connectivity index is 1.53. The summed E-state index contributed by atoms with van der Waals surface area (Å²) in [6, 6.07) is 0. The van der Waals surface area contributed by atoms with Gasteiger partial charge < -0.3 is 10.2 Å². The standard InChI is InChI=1S/C27H48O2/c1-18(2)9-8-10-19(3)21-11-12-22-20-17-24(28)27(29)15-7-6-14-26(27,5)23(20)13-16-25(21,22)4/h18-24,28-29H,6-17H2,1-5H3/t19-,20?,21?,22?,23?,24+,25?,26?,27?/m1/s1. The lowest BCUT2D eigenvalue weighted by Crippen LogP contribution is -2.67. The average Bonchev–Trinajstić information content (AvgIpc) is 3.01. The maximum Gasteiger partial charge on any atom is 0.0961 e. The molecule has 0 bridgehead atoms. The van der Waals surface area contributed by atoms with E-state index in [9.17, 15) is 10.2 Å². The monoisotopic (exact) mass is 404 g/mol. The highest BCUT2D eigenvalue weighted by Gasteiger charge is 2.66. The molecule has 0 aromatic heterocycles. The van der Waals surface area contributed by atoms with E-state index in [4.69, 9.17) is 0 Å². The maximum atomic E-state index is 11.6. The molecule has 0 aromatic rings. The van der Waals surface area contributed by atoms with Gasteiger partial charge in [0.1, 0.15) is 0 Å². The molecule has 0 radical (unpaired) electrons. The lowest BCUT2D eigenvalue weighted by molar-refractivity contribution is -0.253. The van der Waals surface area contributed by atoms with Crippen LogP contribution in [0, 0.1) is 46.3 Å². The van der Waals surface area contributed by atoms with Crippen LogP contribution in [0.1, 0.15) is 112 Å². The topological polar surface area (TPSA) is 40.5 Å². The zero-order chi connectivity index (χ0) is 21.0. The molecule has 0 saturated heterocycles. The van der Waals surface area contributed by atoms with Crippen LogP contribution < -0.4 is 0 Å². The van der Waals surface area contributed by atoms with Gasteiger partial charge in [0.2, 0.25) is 0 Å². The van der Waals surface area contributed by atoms with E-state index >= 15 is 0 Å². The van der Waals surface area contributed by atoms with Crippen molar-refractivity contribution in [2.24, 2.45) is 46.3 Å². The zero-order valence-corrected chi connectivity index (χ0v) is 19.9. The minimum absolute atomic E-state index is 0.0735. The minimum atomic E-state index is -0.831. The molecule has 7 unspecified atom stereocenters. The van der Waals surface area contributed by atoms with Crippen LogP contribution in [0.4, 0.5) is 0 Å². The van der Waals surface area contributed by atoms with Crippen LogP contribution in [-0.4, -0.2) is 21.9 Å². The number of hydrogen-bond acceptors (Lipinski definition) is 2. The van der Waals surface area contributed by atoms with Crippen LogP contribution in [0.15, 0.2) is 0 Å². The van der Waals surface area contributed by atoms with Crippen molar-refractivity contribution in [2.45, 2.75) is 123 Å². The Morgan fingerprint density at radius 2 is 1.62 bits per heavy atom. The molecule has 2 nitrogen and oxygen atoms in total. The molecule has 2 heteroatoms. The van der Waals surface area contributed by atoms with Gasteiger partial charge in [-0.1, -0.05) is 66.7 Å². The van der Waals surface area contributed by atoms with Gasteiger partial charge in [-0.05, 0) is 85.9 Å². The molecule has 4 aliphatic rings. The number of aliphatic hydroxyl groups excluding tert-OH is 1. The fourth-order valence-electron chi connectivity index (χ4n) is 9.33. The highest BCUT2D eigenvalue weighted by atomic mass is 16.3. The second kappa shape index (κ2) is 7.80. The Labute approximate surface area is 180 Å². The van der Waals surface area contributed by atoms with E-state index in [0.717, 1.165) is 49.4 Å². The molecule has 4 saturated carbocycles. The first-order valence-electron chi connectivity index (χ1n) is 13.0. The second-order valence-electron chi connectivity index (χ2n) is 12.7. The minimum Gasteiger partial charge on any atom is -0.390 e. The second-order valence-corrected chi connectivity index (χ2v) is 12.7. The largest absolute Gasteiger partial charge is 0.390 e. The van der Waals surface area contributed by atoms with Crippen molar-refractivity contribution in [1.29, 1.82) is 0 Å². The van der Waals surface area contributed by atoms with Crippen molar-refractivity contribution in [2.75, 3.05) is 0 Å². The summed E-state index contributed by atoms with van der Waals surface area (Å²) < 4.78 is 0. The zero-order valence-electron chi connectivity index (χ0n) is 19.9. The van der Waals surface area contributed by atoms with Gasteiger partial charge in [-0.15, -0.1) is 0 Å². The Hall–Kier alpha value is -0.0800. The van der Waals surface area contributed by atoms with Crippen LogP contribution in [-0.2, 0) is 0 Å². The molecule has 168 valence electrons. The first kappa shape index (κ1) is 22.1. The number of hydrogen-bond donors (Lipinski definition) is 2. The quantitative estimate of drug-likeness (QED) is 0.543. The molecule has 0 amide bonds. The van der Waals surface area contributed by atoms with Crippen molar-refractivity contribution < 1.29 is 10.2 Å². The number of rotatable bonds is 5. The van der Waals surface area contributed by atoms with E-state index in [1.165, 1.54) is 51.4 Å². The summed E-state index contributed by atoms with van der Waals surface area (Å²) in [7, 11) is 0. The predicted octanol–water partition coefficient (Wildman–Crippen LogP) is 6.58. The van der Waals surface area contributed by atoms with Gasteiger partial charge in [-0.25, -0.2) is 0 Å². The lowest BCUT2D eigenvalue weighted by atomic mass is 9.42. The normalized spacial score (nSPS) is 50.7. The van der Waals surface area contributed by atoms with Gasteiger partial charge in [0, 0.05) is 5.41 Å². The highest BCUT2D eigenvalue weighted by Crippen LogP contribution is 2.69. The maximum absolute atomic E-state index is 11.6. The highest BCUT2D eigenvalue weighted by molar-refractivity contribution is 5.16. The lowest BCUT2D eigenvalue weighted by Gasteiger charge is -2.65. The summed E-state index contributed by atoms with van der Waals surface area (Å²) in [5.74, 6) is 4.51. The average molecular weight is 405 g/mol. The molecule has 29 heavy (non-hydrogen) atoms. The first-order chi connectivity index (χ1) is 13.6. The van der Waals surface area contributed by atoms with Crippen LogP contribution in [0.2, 0.25) is 0 Å². The number of fused-ring (bicyclic) bond motifs is 5. The summed E-state index contributed by atoms with van der Waals surface area (Å²) in [5, 5.41) is 22.8. The molecule has 9 atom stereocenters. The third-order valence-corrected chi connectivity index (χ3v) is 11.0. The van der Waals surface area contributed by atoms with Crippen molar-refractivity contribution in [3.63, 3.8) is 0 Å². The Morgan fingerprint density at radius 1 is 0.897 bits per heavy atom. The van der Waals surface area contributed by atoms with Crippen molar-refractivity contribution in [3.05, 3.63) is 0 Å². The summed E-state index contributed by atoms with van der Waals surface area (Å²) in [5.41, 5.74) is -0.448. The van der Waals surface area contributed by atoms with E-state index in [1.807, 2.05) is 0 Å². The smallest absolute Gasteiger partial charge is 0.0961 e. The Bertz CT molecular complexity index is 587. The SMILES string of the molecule is CC(C)CCC[C@@H](C)C1CCC2C3C[C@H](O)C4(O)CCCCC4(C)C3CCC21C. The predicted molar refractivity (Wildman–Crippen MR) is 121 cm³/mol. The summed E-state index contributed by atoms with van der Waals surface area (Å²) in [6.45, 7) is 12.2. The van der Waals surface area contributed by atoms with Gasteiger partial charge in [0.05, 0.1) is 11.7 Å². The van der Waals surface area contributed by atoms with Crippen molar-refractivity contribution >= 4 is 0 Å². The van der Waals surface area contributed by atoms with Gasteiger partial charge in [-0.3, -0.25) is 0 Å². The van der Waals surface area contributed by atoms with Crippen molar-refractivity contribution in [3.8, 4) is 0 Å². The van der Waals surface area contributed by atoms with Crippen LogP contribution >= 0.6 is 0 Å². The van der Waals surface area contributed by atoms with Gasteiger partial charge in [-0.2, -0.15) is 0 Å². The van der Waals surface area contributed by atoms with E-state index in [-0.39, 0.29) is 5.41 Å². The fourth-order valence-corrected chi connectivity index (χ4v) is 9.33. The van der Waals surface area contributed by atoms with Crippen LogP contribution in [0.3, 0.4) is 0 Å². The molecular formula is C27H48O2. The summed E-state index contributed by atoms with van der Waals surface area (Å²) in [4.78, 5) is 0. The molecule has 0 spiro atoms. The Morgan fingerprint density at radius 3 is 2.34 bits per heavy atom. The third-order valence-electron chi connectivity index (χ3n) is 11.0. The van der Waals surface area contributed by atoms with Crippen LogP contribution in [0.5, 0.6) is 0 Å². The third kappa shape index (κ3) is 3.34. The Kier molecular flexibility index (Phi) is 5.95. The molecule has 2 N–H and O–H groups in total. The molecule has 0 aromatic carbocycles.